The molecule has 1 saturated heterocycles. The van der Waals surface area contributed by atoms with Crippen molar-refractivity contribution in [3.8, 4) is 0 Å². The molecule has 2 N–H and O–H groups in total. The zero-order valence-electron chi connectivity index (χ0n) is 12.1. The van der Waals surface area contributed by atoms with Crippen LogP contribution in [0.5, 0.6) is 0 Å². The van der Waals surface area contributed by atoms with Crippen molar-refractivity contribution in [1.29, 1.82) is 0 Å². The Balaban J connectivity index is 2.71. The molecule has 1 heterocycles. The molecule has 0 aromatic carbocycles. The van der Waals surface area contributed by atoms with Gasteiger partial charge < -0.3 is 20.0 Å². The minimum absolute atomic E-state index is 0.0689. The Labute approximate surface area is 118 Å². The van der Waals surface area contributed by atoms with Gasteiger partial charge in [-0.15, -0.1) is 0 Å². The molecule has 0 aromatic heterocycles. The molecule has 1 unspecified atom stereocenters. The first-order chi connectivity index (χ1) is 9.11. The maximum Gasteiger partial charge on any atom is 0.323 e. The van der Waals surface area contributed by atoms with Gasteiger partial charge in [0.1, 0.15) is 13.1 Å². The van der Waals surface area contributed by atoms with Crippen LogP contribution in [0.15, 0.2) is 0 Å². The van der Waals surface area contributed by atoms with Crippen molar-refractivity contribution in [2.45, 2.75) is 27.2 Å². The highest BCUT2D eigenvalue weighted by Crippen LogP contribution is 2.33. The van der Waals surface area contributed by atoms with E-state index in [2.05, 4.69) is 20.8 Å². The number of carboxylic acid groups (broad SMARTS) is 2. The summed E-state index contributed by atoms with van der Waals surface area (Å²) in [5.41, 5.74) is 0.0689. The van der Waals surface area contributed by atoms with E-state index in [-0.39, 0.29) is 5.41 Å². The molecular formula is C13H22N2O5. The molecular weight excluding hydrogens is 264 g/mol. The Morgan fingerprint density at radius 2 is 1.65 bits per heavy atom. The molecule has 1 aliphatic rings. The second kappa shape index (κ2) is 6.11. The summed E-state index contributed by atoms with van der Waals surface area (Å²) in [6.45, 7) is 6.17. The summed E-state index contributed by atoms with van der Waals surface area (Å²) >= 11 is 0. The first kappa shape index (κ1) is 16.3. The smallest absolute Gasteiger partial charge is 0.323 e. The van der Waals surface area contributed by atoms with Crippen LogP contribution < -0.4 is 0 Å². The number of carbonyl (C=O) groups excluding carboxylic acids is 1. The number of aliphatic carboxylic acids is 2. The maximum atomic E-state index is 12.2. The van der Waals surface area contributed by atoms with Gasteiger partial charge >= 0.3 is 18.0 Å². The summed E-state index contributed by atoms with van der Waals surface area (Å²) in [5, 5.41) is 17.5. The van der Waals surface area contributed by atoms with Gasteiger partial charge in [0.25, 0.3) is 0 Å². The number of carboxylic acids is 2. The topological polar surface area (TPSA) is 98.2 Å². The SMILES string of the molecule is CC(C)(C)C1CCN(C(=O)N(CC(=O)O)CC(=O)O)C1. The predicted molar refractivity (Wildman–Crippen MR) is 71.4 cm³/mol. The molecule has 2 amide bonds. The minimum Gasteiger partial charge on any atom is -0.480 e. The fourth-order valence-electron chi connectivity index (χ4n) is 2.36. The molecule has 7 nitrogen and oxygen atoms in total. The number of carbonyl (C=O) groups is 3. The zero-order valence-corrected chi connectivity index (χ0v) is 12.1. The van der Waals surface area contributed by atoms with Gasteiger partial charge in [0, 0.05) is 13.1 Å². The van der Waals surface area contributed by atoms with E-state index in [1.54, 1.807) is 4.90 Å². The van der Waals surface area contributed by atoms with E-state index in [0.717, 1.165) is 11.3 Å². The third kappa shape index (κ3) is 4.40. The van der Waals surface area contributed by atoms with Crippen molar-refractivity contribution in [3.05, 3.63) is 0 Å². The summed E-state index contributed by atoms with van der Waals surface area (Å²) in [6.07, 6.45) is 0.850. The van der Waals surface area contributed by atoms with Crippen LogP contribution in [0.4, 0.5) is 4.79 Å². The molecule has 0 aromatic rings. The van der Waals surface area contributed by atoms with E-state index in [0.29, 0.717) is 19.0 Å². The average molecular weight is 286 g/mol. The van der Waals surface area contributed by atoms with Crippen molar-refractivity contribution in [3.63, 3.8) is 0 Å². The van der Waals surface area contributed by atoms with Crippen molar-refractivity contribution >= 4 is 18.0 Å². The molecule has 1 fully saturated rings. The Bertz CT molecular complexity index is 386. The van der Waals surface area contributed by atoms with E-state index in [4.69, 9.17) is 10.2 Å². The number of urea groups is 1. The summed E-state index contributed by atoms with van der Waals surface area (Å²) < 4.78 is 0. The third-order valence-corrected chi connectivity index (χ3v) is 3.61. The Morgan fingerprint density at radius 1 is 1.15 bits per heavy atom. The highest BCUT2D eigenvalue weighted by Gasteiger charge is 2.36. The molecule has 0 saturated carbocycles. The molecule has 20 heavy (non-hydrogen) atoms. The first-order valence-corrected chi connectivity index (χ1v) is 6.58. The molecule has 0 radical (unpaired) electrons. The Hall–Kier alpha value is -1.79. The fourth-order valence-corrected chi connectivity index (χ4v) is 2.36. The third-order valence-electron chi connectivity index (χ3n) is 3.61. The molecule has 7 heteroatoms. The van der Waals surface area contributed by atoms with Crippen LogP contribution in [0, 0.1) is 11.3 Å². The largest absolute Gasteiger partial charge is 0.480 e. The molecule has 0 aliphatic carbocycles. The van der Waals surface area contributed by atoms with Crippen molar-refractivity contribution in [1.82, 2.24) is 9.80 Å². The lowest BCUT2D eigenvalue weighted by Crippen LogP contribution is -2.47. The number of rotatable bonds is 4. The number of amides is 2. The van der Waals surface area contributed by atoms with E-state index in [1.807, 2.05) is 0 Å². The molecule has 0 spiro atoms. The van der Waals surface area contributed by atoms with E-state index < -0.39 is 31.1 Å². The van der Waals surface area contributed by atoms with E-state index in [9.17, 15) is 14.4 Å². The van der Waals surface area contributed by atoms with Crippen molar-refractivity contribution in [2.75, 3.05) is 26.2 Å². The number of likely N-dealkylation sites (tertiary alicyclic amines) is 1. The second-order valence-electron chi connectivity index (χ2n) is 6.22. The lowest BCUT2D eigenvalue weighted by Gasteiger charge is -2.29. The summed E-state index contributed by atoms with van der Waals surface area (Å²) in [6, 6.07) is -0.512. The highest BCUT2D eigenvalue weighted by atomic mass is 16.4. The van der Waals surface area contributed by atoms with Gasteiger partial charge in [-0.25, -0.2) is 4.79 Å². The predicted octanol–water partition coefficient (Wildman–Crippen LogP) is 0.946. The normalized spacial score (nSPS) is 18.9. The second-order valence-corrected chi connectivity index (χ2v) is 6.22. The van der Waals surface area contributed by atoms with Gasteiger partial charge in [-0.2, -0.15) is 0 Å². The van der Waals surface area contributed by atoms with Crippen LogP contribution in [0.1, 0.15) is 27.2 Å². The summed E-state index contributed by atoms with van der Waals surface area (Å²) in [5.74, 6) is -2.10. The minimum atomic E-state index is -1.22. The van der Waals surface area contributed by atoms with E-state index >= 15 is 0 Å². The number of hydrogen-bond donors (Lipinski definition) is 2. The summed E-state index contributed by atoms with van der Waals surface area (Å²) in [4.78, 5) is 36.1. The summed E-state index contributed by atoms with van der Waals surface area (Å²) in [7, 11) is 0. The highest BCUT2D eigenvalue weighted by molar-refractivity contribution is 5.84. The van der Waals surface area contributed by atoms with Gasteiger partial charge in [0.2, 0.25) is 0 Å². The van der Waals surface area contributed by atoms with E-state index in [1.165, 1.54) is 0 Å². The lowest BCUT2D eigenvalue weighted by molar-refractivity contribution is -0.140. The quantitative estimate of drug-likeness (QED) is 0.801. The van der Waals surface area contributed by atoms with Crippen LogP contribution in [-0.4, -0.2) is 64.2 Å². The Morgan fingerprint density at radius 3 is 2.00 bits per heavy atom. The van der Waals surface area contributed by atoms with Crippen LogP contribution in [0.3, 0.4) is 0 Å². The maximum absolute atomic E-state index is 12.2. The van der Waals surface area contributed by atoms with Crippen LogP contribution in [0.2, 0.25) is 0 Å². The van der Waals surface area contributed by atoms with Gasteiger partial charge in [0.15, 0.2) is 0 Å². The monoisotopic (exact) mass is 286 g/mol. The van der Waals surface area contributed by atoms with Crippen LogP contribution in [0.25, 0.3) is 0 Å². The van der Waals surface area contributed by atoms with Gasteiger partial charge in [0.05, 0.1) is 0 Å². The van der Waals surface area contributed by atoms with Crippen molar-refractivity contribution in [2.24, 2.45) is 11.3 Å². The first-order valence-electron chi connectivity index (χ1n) is 6.58. The van der Waals surface area contributed by atoms with Gasteiger partial charge in [-0.3, -0.25) is 9.59 Å². The lowest BCUT2D eigenvalue weighted by atomic mass is 9.80. The molecule has 0 bridgehead atoms. The Kier molecular flexibility index (Phi) is 4.97. The van der Waals surface area contributed by atoms with Gasteiger partial charge in [-0.1, -0.05) is 20.8 Å². The fraction of sp³-hybridized carbons (Fsp3) is 0.769. The van der Waals surface area contributed by atoms with Crippen LogP contribution in [-0.2, 0) is 9.59 Å². The average Bonchev–Trinajstić information content (AvgIpc) is 2.74. The number of hydrogen-bond acceptors (Lipinski definition) is 3. The zero-order chi connectivity index (χ0) is 15.5. The van der Waals surface area contributed by atoms with Gasteiger partial charge in [-0.05, 0) is 17.8 Å². The number of nitrogens with zero attached hydrogens (tertiary/aromatic N) is 2. The standard InChI is InChI=1S/C13H22N2O5/c1-13(2,3)9-4-5-14(6-9)12(20)15(7-10(16)17)8-11(18)19/h9H,4-8H2,1-3H3,(H,16,17)(H,18,19). The van der Waals surface area contributed by atoms with Crippen molar-refractivity contribution < 1.29 is 24.6 Å². The molecule has 1 aliphatic heterocycles. The molecule has 114 valence electrons. The van der Waals surface area contributed by atoms with Crippen LogP contribution >= 0.6 is 0 Å². The molecule has 1 rings (SSSR count). The molecule has 1 atom stereocenters.